The van der Waals surface area contributed by atoms with Crippen LogP contribution in [0.4, 0.5) is 0 Å². The molecule has 6 heteroatoms. The number of aromatic nitrogens is 3. The highest BCUT2D eigenvalue weighted by molar-refractivity contribution is 5.79. The maximum Gasteiger partial charge on any atom is 0.417 e. The van der Waals surface area contributed by atoms with E-state index in [1.54, 1.807) is 6.07 Å². The predicted octanol–water partition coefficient (Wildman–Crippen LogP) is 1.54. The highest BCUT2D eigenvalue weighted by atomic mass is 16.4. The number of nitrogens with one attached hydrogen (secondary N) is 3. The Morgan fingerprint density at radius 1 is 1.42 bits per heavy atom. The molecule has 0 radical (unpaired) electrons. The molecular weight excluding hydrogens is 244 g/mol. The van der Waals surface area contributed by atoms with E-state index in [0.717, 1.165) is 29.1 Å². The van der Waals surface area contributed by atoms with E-state index in [4.69, 9.17) is 4.42 Å². The van der Waals surface area contributed by atoms with E-state index in [9.17, 15) is 4.79 Å². The third-order valence-electron chi connectivity index (χ3n) is 3.16. The summed E-state index contributed by atoms with van der Waals surface area (Å²) in [5.74, 6) is -0.443. The van der Waals surface area contributed by atoms with Gasteiger partial charge in [-0.05, 0) is 37.7 Å². The SMILES string of the molecule is CNCc1[nH]nc(-c2ccc3oc(=O)[nH]c3c2)c1C. The summed E-state index contributed by atoms with van der Waals surface area (Å²) in [5.41, 5.74) is 5.21. The van der Waals surface area contributed by atoms with Crippen LogP contribution in [0, 0.1) is 6.92 Å². The van der Waals surface area contributed by atoms with Crippen molar-refractivity contribution in [1.29, 1.82) is 0 Å². The van der Waals surface area contributed by atoms with Gasteiger partial charge in [0.1, 0.15) is 0 Å². The fourth-order valence-electron chi connectivity index (χ4n) is 2.16. The first-order valence-corrected chi connectivity index (χ1v) is 6.00. The van der Waals surface area contributed by atoms with Gasteiger partial charge in [-0.25, -0.2) is 4.79 Å². The number of aromatic amines is 2. The van der Waals surface area contributed by atoms with Crippen LogP contribution in [-0.2, 0) is 6.54 Å². The first-order valence-electron chi connectivity index (χ1n) is 6.00. The van der Waals surface area contributed by atoms with Crippen molar-refractivity contribution in [2.75, 3.05) is 7.05 Å². The van der Waals surface area contributed by atoms with Crippen LogP contribution < -0.4 is 11.1 Å². The minimum Gasteiger partial charge on any atom is -0.408 e. The first-order chi connectivity index (χ1) is 9.19. The second-order valence-corrected chi connectivity index (χ2v) is 4.43. The van der Waals surface area contributed by atoms with Crippen molar-refractivity contribution in [3.63, 3.8) is 0 Å². The Hall–Kier alpha value is -2.34. The van der Waals surface area contributed by atoms with E-state index >= 15 is 0 Å². The van der Waals surface area contributed by atoms with E-state index < -0.39 is 5.76 Å². The van der Waals surface area contributed by atoms with Crippen molar-refractivity contribution < 1.29 is 4.42 Å². The second-order valence-electron chi connectivity index (χ2n) is 4.43. The van der Waals surface area contributed by atoms with Crippen LogP contribution in [0.3, 0.4) is 0 Å². The molecule has 0 fully saturated rings. The van der Waals surface area contributed by atoms with Crippen molar-refractivity contribution in [2.24, 2.45) is 0 Å². The van der Waals surface area contributed by atoms with Gasteiger partial charge < -0.3 is 9.73 Å². The normalized spacial score (nSPS) is 11.3. The maximum atomic E-state index is 11.1. The van der Waals surface area contributed by atoms with Gasteiger partial charge in [-0.2, -0.15) is 5.10 Å². The Morgan fingerprint density at radius 3 is 3.05 bits per heavy atom. The third kappa shape index (κ3) is 1.96. The molecule has 1 aromatic carbocycles. The molecular formula is C13H14N4O2. The Morgan fingerprint density at radius 2 is 2.26 bits per heavy atom. The lowest BCUT2D eigenvalue weighted by Gasteiger charge is -2.00. The van der Waals surface area contributed by atoms with E-state index in [0.29, 0.717) is 11.1 Å². The smallest absolute Gasteiger partial charge is 0.408 e. The summed E-state index contributed by atoms with van der Waals surface area (Å²) >= 11 is 0. The minimum atomic E-state index is -0.443. The zero-order chi connectivity index (χ0) is 13.4. The summed E-state index contributed by atoms with van der Waals surface area (Å²) in [6.45, 7) is 2.76. The molecule has 98 valence electrons. The largest absolute Gasteiger partial charge is 0.417 e. The summed E-state index contributed by atoms with van der Waals surface area (Å²) in [7, 11) is 1.89. The number of oxazole rings is 1. The summed E-state index contributed by atoms with van der Waals surface area (Å²) < 4.78 is 4.98. The van der Waals surface area contributed by atoms with Crippen LogP contribution in [0.15, 0.2) is 27.4 Å². The fourth-order valence-corrected chi connectivity index (χ4v) is 2.16. The summed E-state index contributed by atoms with van der Waals surface area (Å²) in [6, 6.07) is 5.53. The van der Waals surface area contributed by atoms with Gasteiger partial charge in [0.25, 0.3) is 0 Å². The van der Waals surface area contributed by atoms with E-state index in [1.165, 1.54) is 0 Å². The second kappa shape index (κ2) is 4.40. The van der Waals surface area contributed by atoms with Crippen LogP contribution in [0.1, 0.15) is 11.3 Å². The van der Waals surface area contributed by atoms with E-state index in [1.807, 2.05) is 26.1 Å². The Labute approximate surface area is 108 Å². The molecule has 0 spiro atoms. The first kappa shape index (κ1) is 11.7. The van der Waals surface area contributed by atoms with Crippen LogP contribution >= 0.6 is 0 Å². The molecule has 0 saturated carbocycles. The van der Waals surface area contributed by atoms with E-state index in [-0.39, 0.29) is 0 Å². The topological polar surface area (TPSA) is 86.7 Å². The van der Waals surface area contributed by atoms with Crippen LogP contribution in [-0.4, -0.2) is 22.2 Å². The van der Waals surface area contributed by atoms with Gasteiger partial charge in [0, 0.05) is 12.1 Å². The monoisotopic (exact) mass is 258 g/mol. The molecule has 2 heterocycles. The van der Waals surface area contributed by atoms with Gasteiger partial charge in [0.05, 0.1) is 16.9 Å². The number of rotatable bonds is 3. The molecule has 3 N–H and O–H groups in total. The van der Waals surface area contributed by atoms with Crippen molar-refractivity contribution in [2.45, 2.75) is 13.5 Å². The standard InChI is InChI=1S/C13H14N4O2/c1-7-10(6-14-2)16-17-12(7)8-3-4-11-9(5-8)15-13(18)19-11/h3-5,14H,6H2,1-2H3,(H,15,18)(H,16,17). The molecule has 3 rings (SSSR count). The zero-order valence-corrected chi connectivity index (χ0v) is 10.7. The highest BCUT2D eigenvalue weighted by Gasteiger charge is 2.11. The molecule has 0 aliphatic heterocycles. The number of hydrogen-bond acceptors (Lipinski definition) is 4. The van der Waals surface area contributed by atoms with Crippen molar-refractivity contribution in [3.05, 3.63) is 40.0 Å². The molecule has 19 heavy (non-hydrogen) atoms. The van der Waals surface area contributed by atoms with Crippen molar-refractivity contribution in [1.82, 2.24) is 20.5 Å². The molecule has 0 aliphatic rings. The molecule has 2 aromatic heterocycles. The van der Waals surface area contributed by atoms with Gasteiger partial charge in [0.15, 0.2) is 5.58 Å². The maximum absolute atomic E-state index is 11.1. The molecule has 3 aromatic rings. The summed E-state index contributed by atoms with van der Waals surface area (Å²) in [5, 5.41) is 10.4. The van der Waals surface area contributed by atoms with E-state index in [2.05, 4.69) is 20.5 Å². The Kier molecular flexibility index (Phi) is 2.72. The average Bonchev–Trinajstić information content (AvgIpc) is 2.92. The average molecular weight is 258 g/mol. The number of benzene rings is 1. The lowest BCUT2D eigenvalue weighted by Crippen LogP contribution is -2.06. The van der Waals surface area contributed by atoms with Crippen LogP contribution in [0.2, 0.25) is 0 Å². The third-order valence-corrected chi connectivity index (χ3v) is 3.16. The summed E-state index contributed by atoms with van der Waals surface area (Å²) in [6.07, 6.45) is 0. The predicted molar refractivity (Wildman–Crippen MR) is 71.9 cm³/mol. The van der Waals surface area contributed by atoms with Gasteiger partial charge in [-0.15, -0.1) is 0 Å². The van der Waals surface area contributed by atoms with Crippen molar-refractivity contribution >= 4 is 11.1 Å². The minimum absolute atomic E-state index is 0.443. The van der Waals surface area contributed by atoms with Crippen LogP contribution in [0.25, 0.3) is 22.4 Å². The lowest BCUT2D eigenvalue weighted by molar-refractivity contribution is 0.555. The van der Waals surface area contributed by atoms with Gasteiger partial charge in [-0.3, -0.25) is 10.1 Å². The van der Waals surface area contributed by atoms with Crippen LogP contribution in [0.5, 0.6) is 0 Å². The fraction of sp³-hybridized carbons (Fsp3) is 0.231. The van der Waals surface area contributed by atoms with Gasteiger partial charge in [-0.1, -0.05) is 0 Å². The number of hydrogen-bond donors (Lipinski definition) is 3. The number of fused-ring (bicyclic) bond motifs is 1. The van der Waals surface area contributed by atoms with Gasteiger partial charge in [0.2, 0.25) is 0 Å². The molecule has 0 unspecified atom stereocenters. The Balaban J connectivity index is 2.10. The quantitative estimate of drug-likeness (QED) is 0.665. The molecule has 0 atom stereocenters. The number of nitrogens with zero attached hydrogens (tertiary/aromatic N) is 1. The molecule has 0 saturated heterocycles. The summed E-state index contributed by atoms with van der Waals surface area (Å²) in [4.78, 5) is 13.8. The molecule has 0 aliphatic carbocycles. The highest BCUT2D eigenvalue weighted by Crippen LogP contribution is 2.25. The molecule has 0 amide bonds. The number of H-pyrrole nitrogens is 2. The molecule has 0 bridgehead atoms. The lowest BCUT2D eigenvalue weighted by atomic mass is 10.1. The Bertz CT molecular complexity index is 781. The zero-order valence-electron chi connectivity index (χ0n) is 10.7. The van der Waals surface area contributed by atoms with Crippen molar-refractivity contribution in [3.8, 4) is 11.3 Å². The van der Waals surface area contributed by atoms with Gasteiger partial charge >= 0.3 is 5.76 Å². The molecule has 6 nitrogen and oxygen atoms in total.